The smallest absolute Gasteiger partial charge is 0.330 e. The summed E-state index contributed by atoms with van der Waals surface area (Å²) in [6.07, 6.45) is 2.99. The highest BCUT2D eigenvalue weighted by molar-refractivity contribution is 5.81. The molecule has 0 saturated carbocycles. The predicted molar refractivity (Wildman–Crippen MR) is 57.3 cm³/mol. The number of esters is 1. The molecule has 1 rings (SSSR count). The minimum atomic E-state index is -0.363. The van der Waals surface area contributed by atoms with Crippen molar-refractivity contribution in [3.63, 3.8) is 0 Å². The van der Waals surface area contributed by atoms with Crippen LogP contribution in [0.2, 0.25) is 0 Å². The second-order valence-electron chi connectivity index (χ2n) is 2.93. The highest BCUT2D eigenvalue weighted by atomic mass is 16.5. The normalized spacial score (nSPS) is 10.5. The standard InChI is InChI=1S/C12H14O3/c1-14-12(13)8-5-9-15-10-11-6-3-2-4-7-11/h2-8H,9-10H2,1H3/b8-5+. The van der Waals surface area contributed by atoms with Gasteiger partial charge in [0.1, 0.15) is 0 Å². The molecular weight excluding hydrogens is 192 g/mol. The zero-order valence-electron chi connectivity index (χ0n) is 8.68. The number of methoxy groups -OCH3 is 1. The Morgan fingerprint density at radius 2 is 2.07 bits per heavy atom. The van der Waals surface area contributed by atoms with Gasteiger partial charge in [0.2, 0.25) is 0 Å². The van der Waals surface area contributed by atoms with E-state index in [2.05, 4.69) is 4.74 Å². The Hall–Kier alpha value is -1.61. The molecule has 0 aliphatic heterocycles. The lowest BCUT2D eigenvalue weighted by atomic mass is 10.2. The van der Waals surface area contributed by atoms with Gasteiger partial charge in [-0.05, 0) is 5.56 Å². The number of benzene rings is 1. The first-order valence-corrected chi connectivity index (χ1v) is 4.69. The minimum Gasteiger partial charge on any atom is -0.466 e. The van der Waals surface area contributed by atoms with Gasteiger partial charge in [-0.15, -0.1) is 0 Å². The fourth-order valence-electron chi connectivity index (χ4n) is 1.03. The maximum atomic E-state index is 10.7. The Morgan fingerprint density at radius 3 is 2.73 bits per heavy atom. The monoisotopic (exact) mass is 206 g/mol. The fraction of sp³-hybridized carbons (Fsp3) is 0.250. The van der Waals surface area contributed by atoms with Crippen molar-refractivity contribution in [2.45, 2.75) is 6.61 Å². The van der Waals surface area contributed by atoms with Gasteiger partial charge in [-0.1, -0.05) is 36.4 Å². The molecular formula is C12H14O3. The van der Waals surface area contributed by atoms with E-state index < -0.39 is 0 Å². The van der Waals surface area contributed by atoms with E-state index in [0.29, 0.717) is 13.2 Å². The van der Waals surface area contributed by atoms with Crippen molar-refractivity contribution in [1.82, 2.24) is 0 Å². The van der Waals surface area contributed by atoms with E-state index in [9.17, 15) is 4.79 Å². The lowest BCUT2D eigenvalue weighted by Crippen LogP contribution is -1.96. The van der Waals surface area contributed by atoms with Crippen LogP contribution in [0.15, 0.2) is 42.5 Å². The molecule has 0 N–H and O–H groups in total. The molecule has 0 unspecified atom stereocenters. The van der Waals surface area contributed by atoms with Crippen LogP contribution in [-0.2, 0) is 20.9 Å². The van der Waals surface area contributed by atoms with Crippen molar-refractivity contribution in [2.24, 2.45) is 0 Å². The van der Waals surface area contributed by atoms with Gasteiger partial charge in [-0.2, -0.15) is 0 Å². The molecule has 0 aliphatic rings. The van der Waals surface area contributed by atoms with E-state index >= 15 is 0 Å². The van der Waals surface area contributed by atoms with Gasteiger partial charge in [0.25, 0.3) is 0 Å². The summed E-state index contributed by atoms with van der Waals surface area (Å²) in [5.41, 5.74) is 1.11. The third-order valence-corrected chi connectivity index (χ3v) is 1.78. The van der Waals surface area contributed by atoms with E-state index in [4.69, 9.17) is 4.74 Å². The van der Waals surface area contributed by atoms with E-state index in [1.54, 1.807) is 6.08 Å². The summed E-state index contributed by atoms with van der Waals surface area (Å²) < 4.78 is 9.75. The average molecular weight is 206 g/mol. The number of hydrogen-bond donors (Lipinski definition) is 0. The van der Waals surface area contributed by atoms with Gasteiger partial charge in [0, 0.05) is 6.08 Å². The molecule has 80 valence electrons. The van der Waals surface area contributed by atoms with Crippen LogP contribution in [0.1, 0.15) is 5.56 Å². The van der Waals surface area contributed by atoms with Crippen LogP contribution >= 0.6 is 0 Å². The zero-order valence-corrected chi connectivity index (χ0v) is 8.68. The van der Waals surface area contributed by atoms with E-state index in [-0.39, 0.29) is 5.97 Å². The lowest BCUT2D eigenvalue weighted by molar-refractivity contribution is -0.134. The predicted octanol–water partition coefficient (Wildman–Crippen LogP) is 1.93. The van der Waals surface area contributed by atoms with Crippen LogP contribution < -0.4 is 0 Å². The highest BCUT2D eigenvalue weighted by Crippen LogP contribution is 1.99. The highest BCUT2D eigenvalue weighted by Gasteiger charge is 1.91. The molecule has 3 nitrogen and oxygen atoms in total. The summed E-state index contributed by atoms with van der Waals surface area (Å²) in [6.45, 7) is 0.955. The van der Waals surface area contributed by atoms with Crippen LogP contribution in [0, 0.1) is 0 Å². The third kappa shape index (κ3) is 4.98. The van der Waals surface area contributed by atoms with Gasteiger partial charge < -0.3 is 9.47 Å². The SMILES string of the molecule is COC(=O)/C=C/COCc1ccccc1. The Balaban J connectivity index is 2.17. The number of ether oxygens (including phenoxy) is 2. The molecule has 1 aromatic rings. The minimum absolute atomic E-state index is 0.363. The zero-order chi connectivity index (χ0) is 10.9. The second-order valence-corrected chi connectivity index (χ2v) is 2.93. The summed E-state index contributed by atoms with van der Waals surface area (Å²) in [6, 6.07) is 9.86. The Bertz CT molecular complexity index is 317. The van der Waals surface area contributed by atoms with Gasteiger partial charge in [0.05, 0.1) is 20.3 Å². The van der Waals surface area contributed by atoms with E-state index in [1.807, 2.05) is 30.3 Å². The molecule has 0 heterocycles. The van der Waals surface area contributed by atoms with Gasteiger partial charge in [-0.3, -0.25) is 0 Å². The Morgan fingerprint density at radius 1 is 1.33 bits per heavy atom. The van der Waals surface area contributed by atoms with Gasteiger partial charge in [-0.25, -0.2) is 4.79 Å². The first kappa shape index (κ1) is 11.5. The molecule has 0 aliphatic carbocycles. The largest absolute Gasteiger partial charge is 0.466 e. The van der Waals surface area contributed by atoms with Gasteiger partial charge >= 0.3 is 5.97 Å². The van der Waals surface area contributed by atoms with Crippen molar-refractivity contribution in [3.8, 4) is 0 Å². The Kier molecular flexibility index (Phi) is 5.19. The summed E-state index contributed by atoms with van der Waals surface area (Å²) in [5, 5.41) is 0. The number of rotatable bonds is 5. The van der Waals surface area contributed by atoms with Crippen LogP contribution in [0.4, 0.5) is 0 Å². The summed E-state index contributed by atoms with van der Waals surface area (Å²) in [7, 11) is 1.34. The number of carbonyl (C=O) groups excluding carboxylic acids is 1. The summed E-state index contributed by atoms with van der Waals surface area (Å²) in [4.78, 5) is 10.7. The van der Waals surface area contributed by atoms with Crippen LogP contribution in [0.3, 0.4) is 0 Å². The van der Waals surface area contributed by atoms with Crippen LogP contribution in [0.5, 0.6) is 0 Å². The lowest BCUT2D eigenvalue weighted by Gasteiger charge is -2.00. The van der Waals surface area contributed by atoms with Crippen LogP contribution in [0.25, 0.3) is 0 Å². The van der Waals surface area contributed by atoms with E-state index in [0.717, 1.165) is 5.56 Å². The molecule has 0 saturated heterocycles. The van der Waals surface area contributed by atoms with Crippen LogP contribution in [-0.4, -0.2) is 19.7 Å². The quantitative estimate of drug-likeness (QED) is 0.419. The second kappa shape index (κ2) is 6.79. The summed E-state index contributed by atoms with van der Waals surface area (Å²) >= 11 is 0. The average Bonchev–Trinajstić information content (AvgIpc) is 2.29. The molecule has 1 aromatic carbocycles. The maximum absolute atomic E-state index is 10.7. The number of carbonyl (C=O) groups is 1. The molecule has 0 amide bonds. The van der Waals surface area contributed by atoms with Crippen molar-refractivity contribution >= 4 is 5.97 Å². The first-order valence-electron chi connectivity index (χ1n) is 4.69. The molecule has 0 spiro atoms. The van der Waals surface area contributed by atoms with Gasteiger partial charge in [0.15, 0.2) is 0 Å². The molecule has 0 aromatic heterocycles. The molecule has 3 heteroatoms. The molecule has 0 bridgehead atoms. The summed E-state index contributed by atoms with van der Waals surface area (Å²) in [5.74, 6) is -0.363. The molecule has 0 radical (unpaired) electrons. The third-order valence-electron chi connectivity index (χ3n) is 1.78. The molecule has 15 heavy (non-hydrogen) atoms. The molecule has 0 fully saturated rings. The van der Waals surface area contributed by atoms with E-state index in [1.165, 1.54) is 13.2 Å². The fourth-order valence-corrected chi connectivity index (χ4v) is 1.03. The Labute approximate surface area is 89.3 Å². The van der Waals surface area contributed by atoms with Crippen molar-refractivity contribution < 1.29 is 14.3 Å². The number of hydrogen-bond acceptors (Lipinski definition) is 3. The maximum Gasteiger partial charge on any atom is 0.330 e. The van der Waals surface area contributed by atoms with Crippen molar-refractivity contribution in [1.29, 1.82) is 0 Å². The van der Waals surface area contributed by atoms with Crippen molar-refractivity contribution in [2.75, 3.05) is 13.7 Å². The first-order chi connectivity index (χ1) is 7.33. The van der Waals surface area contributed by atoms with Crippen molar-refractivity contribution in [3.05, 3.63) is 48.0 Å². The topological polar surface area (TPSA) is 35.5 Å². The molecule has 0 atom stereocenters.